The summed E-state index contributed by atoms with van der Waals surface area (Å²) in [6.45, 7) is 0. The molecule has 2 aromatic rings. The van der Waals surface area contributed by atoms with Gasteiger partial charge >= 0.3 is 0 Å². The maximum Gasteiger partial charge on any atom is 0.180 e. The van der Waals surface area contributed by atoms with Crippen molar-refractivity contribution < 1.29 is 0 Å². The molecule has 1 aliphatic rings. The van der Waals surface area contributed by atoms with Gasteiger partial charge in [-0.3, -0.25) is 0 Å². The second-order valence-electron chi connectivity index (χ2n) is 5.00. The minimum atomic E-state index is 0.492. The van der Waals surface area contributed by atoms with Crippen molar-refractivity contribution in [1.29, 1.82) is 0 Å². The molecule has 3 rings (SSSR count). The summed E-state index contributed by atoms with van der Waals surface area (Å²) in [5.74, 6) is 1.65. The van der Waals surface area contributed by atoms with E-state index < -0.39 is 0 Å². The molecule has 5 nitrogen and oxygen atoms in total. The Kier molecular flexibility index (Phi) is 3.26. The first kappa shape index (κ1) is 12.6. The number of hydrogen-bond acceptors (Lipinski definition) is 4. The Morgan fingerprint density at radius 1 is 1.32 bits per heavy atom. The van der Waals surface area contributed by atoms with Crippen LogP contribution in [0.15, 0.2) is 17.0 Å². The summed E-state index contributed by atoms with van der Waals surface area (Å²) in [7, 11) is 1.93. The van der Waals surface area contributed by atoms with Gasteiger partial charge in [0.25, 0.3) is 0 Å². The number of anilines is 1. The molecule has 6 heteroatoms. The van der Waals surface area contributed by atoms with Gasteiger partial charge in [0.2, 0.25) is 0 Å². The van der Waals surface area contributed by atoms with Crippen LogP contribution in [0.25, 0.3) is 11.5 Å². The van der Waals surface area contributed by atoms with E-state index >= 15 is 0 Å². The van der Waals surface area contributed by atoms with E-state index in [1.165, 1.54) is 25.7 Å². The van der Waals surface area contributed by atoms with Crippen molar-refractivity contribution in [1.82, 2.24) is 19.5 Å². The Morgan fingerprint density at radius 3 is 2.68 bits per heavy atom. The minimum Gasteiger partial charge on any atom is -0.383 e. The van der Waals surface area contributed by atoms with Crippen molar-refractivity contribution >= 4 is 21.7 Å². The Bertz CT molecular complexity index is 601. The quantitative estimate of drug-likeness (QED) is 0.923. The summed E-state index contributed by atoms with van der Waals surface area (Å²) in [5, 5.41) is 0. The van der Waals surface area contributed by atoms with E-state index in [1.807, 2.05) is 11.6 Å². The zero-order valence-electron chi connectivity index (χ0n) is 10.8. The predicted octanol–water partition coefficient (Wildman–Crippen LogP) is 2.88. The van der Waals surface area contributed by atoms with Crippen molar-refractivity contribution in [3.05, 3.63) is 22.7 Å². The molecule has 0 aromatic carbocycles. The topological polar surface area (TPSA) is 69.6 Å². The number of nitrogens with two attached hydrogens (primary N) is 1. The van der Waals surface area contributed by atoms with E-state index in [0.29, 0.717) is 17.6 Å². The highest BCUT2D eigenvalue weighted by Crippen LogP contribution is 2.38. The number of nitrogens with zero attached hydrogens (tertiary/aromatic N) is 4. The van der Waals surface area contributed by atoms with E-state index in [1.54, 1.807) is 12.5 Å². The molecular weight excluding hydrogens is 306 g/mol. The zero-order valence-corrected chi connectivity index (χ0v) is 12.4. The summed E-state index contributed by atoms with van der Waals surface area (Å²) in [6, 6.07) is 0. The first-order valence-electron chi connectivity index (χ1n) is 6.46. The molecule has 0 aliphatic heterocycles. The molecular formula is C13H16BrN5. The molecule has 1 aliphatic carbocycles. The molecule has 100 valence electrons. The molecule has 0 atom stereocenters. The van der Waals surface area contributed by atoms with Crippen LogP contribution in [0.3, 0.4) is 0 Å². The van der Waals surface area contributed by atoms with Crippen LogP contribution in [0.5, 0.6) is 0 Å². The standard InChI is InChI=1S/C13H16BrN5/c1-19-7-16-6-9(19)13-17-11(8-4-2-3-5-8)10(14)12(15)18-13/h6-8H,2-5H2,1H3,(H2,15,17,18). The molecule has 2 aromatic heterocycles. The normalized spacial score (nSPS) is 16.1. The van der Waals surface area contributed by atoms with Crippen LogP contribution in [-0.4, -0.2) is 19.5 Å². The van der Waals surface area contributed by atoms with Crippen LogP contribution in [0, 0.1) is 0 Å². The zero-order chi connectivity index (χ0) is 13.4. The van der Waals surface area contributed by atoms with Gasteiger partial charge in [-0.1, -0.05) is 12.8 Å². The fourth-order valence-corrected chi connectivity index (χ4v) is 3.14. The Balaban J connectivity index is 2.10. The third-order valence-electron chi connectivity index (χ3n) is 3.69. The molecule has 0 saturated heterocycles. The fourth-order valence-electron chi connectivity index (χ4n) is 2.64. The highest BCUT2D eigenvalue weighted by atomic mass is 79.9. The largest absolute Gasteiger partial charge is 0.383 e. The van der Waals surface area contributed by atoms with Gasteiger partial charge in [0.15, 0.2) is 5.82 Å². The molecule has 2 N–H and O–H groups in total. The second-order valence-corrected chi connectivity index (χ2v) is 5.80. The predicted molar refractivity (Wildman–Crippen MR) is 77.6 cm³/mol. The lowest BCUT2D eigenvalue weighted by Crippen LogP contribution is -2.07. The third kappa shape index (κ3) is 2.25. The average Bonchev–Trinajstić information content (AvgIpc) is 3.03. The van der Waals surface area contributed by atoms with Crippen LogP contribution in [0.1, 0.15) is 37.3 Å². The second kappa shape index (κ2) is 4.92. The van der Waals surface area contributed by atoms with Crippen LogP contribution in [-0.2, 0) is 7.05 Å². The van der Waals surface area contributed by atoms with E-state index in [9.17, 15) is 0 Å². The number of halogens is 1. The Morgan fingerprint density at radius 2 is 2.05 bits per heavy atom. The first-order valence-corrected chi connectivity index (χ1v) is 7.25. The molecule has 19 heavy (non-hydrogen) atoms. The van der Waals surface area contributed by atoms with Gasteiger partial charge in [0, 0.05) is 13.0 Å². The lowest BCUT2D eigenvalue weighted by atomic mass is 10.0. The number of rotatable bonds is 2. The van der Waals surface area contributed by atoms with Gasteiger partial charge in [-0.2, -0.15) is 0 Å². The molecule has 0 spiro atoms. The molecule has 2 heterocycles. The van der Waals surface area contributed by atoms with E-state index in [4.69, 9.17) is 10.7 Å². The summed E-state index contributed by atoms with van der Waals surface area (Å²) in [5.41, 5.74) is 7.95. The molecule has 1 saturated carbocycles. The van der Waals surface area contributed by atoms with Crippen LogP contribution >= 0.6 is 15.9 Å². The number of hydrogen-bond donors (Lipinski definition) is 1. The number of aryl methyl sites for hydroxylation is 1. The van der Waals surface area contributed by atoms with Gasteiger partial charge in [0.1, 0.15) is 11.5 Å². The van der Waals surface area contributed by atoms with Crippen molar-refractivity contribution in [2.75, 3.05) is 5.73 Å². The maximum atomic E-state index is 6.02. The first-order chi connectivity index (χ1) is 9.16. The number of nitrogen functional groups attached to an aromatic ring is 1. The van der Waals surface area contributed by atoms with Gasteiger partial charge in [-0.25, -0.2) is 15.0 Å². The van der Waals surface area contributed by atoms with Crippen molar-refractivity contribution in [3.8, 4) is 11.5 Å². The van der Waals surface area contributed by atoms with Crippen LogP contribution < -0.4 is 5.73 Å². The van der Waals surface area contributed by atoms with E-state index in [2.05, 4.69) is 25.9 Å². The lowest BCUT2D eigenvalue weighted by molar-refractivity contribution is 0.690. The SMILES string of the molecule is Cn1cncc1-c1nc(N)c(Br)c(C2CCCC2)n1. The van der Waals surface area contributed by atoms with Gasteiger partial charge in [0.05, 0.1) is 22.7 Å². The highest BCUT2D eigenvalue weighted by Gasteiger charge is 2.24. The maximum absolute atomic E-state index is 6.02. The Hall–Kier alpha value is -1.43. The monoisotopic (exact) mass is 321 g/mol. The van der Waals surface area contributed by atoms with Gasteiger partial charge in [-0.15, -0.1) is 0 Å². The number of imidazole rings is 1. The molecule has 1 fully saturated rings. The van der Waals surface area contributed by atoms with Crippen molar-refractivity contribution in [3.63, 3.8) is 0 Å². The van der Waals surface area contributed by atoms with Crippen LogP contribution in [0.4, 0.5) is 5.82 Å². The average molecular weight is 322 g/mol. The summed E-state index contributed by atoms with van der Waals surface area (Å²) >= 11 is 3.53. The highest BCUT2D eigenvalue weighted by molar-refractivity contribution is 9.10. The van der Waals surface area contributed by atoms with Gasteiger partial charge in [-0.05, 0) is 28.8 Å². The molecule has 0 unspecified atom stereocenters. The van der Waals surface area contributed by atoms with Crippen molar-refractivity contribution in [2.45, 2.75) is 31.6 Å². The third-order valence-corrected chi connectivity index (χ3v) is 4.50. The number of aromatic nitrogens is 4. The summed E-state index contributed by atoms with van der Waals surface area (Å²) in [4.78, 5) is 13.2. The molecule has 0 amide bonds. The fraction of sp³-hybridized carbons (Fsp3) is 0.462. The lowest BCUT2D eigenvalue weighted by Gasteiger charge is -2.13. The van der Waals surface area contributed by atoms with Crippen LogP contribution in [0.2, 0.25) is 0 Å². The summed E-state index contributed by atoms with van der Waals surface area (Å²) in [6.07, 6.45) is 8.40. The minimum absolute atomic E-state index is 0.492. The molecule has 0 radical (unpaired) electrons. The Labute approximate surface area is 120 Å². The van der Waals surface area contributed by atoms with Gasteiger partial charge < -0.3 is 10.3 Å². The molecule has 0 bridgehead atoms. The summed E-state index contributed by atoms with van der Waals surface area (Å²) < 4.78 is 2.76. The smallest absolute Gasteiger partial charge is 0.180 e. The van der Waals surface area contributed by atoms with E-state index in [-0.39, 0.29) is 0 Å². The van der Waals surface area contributed by atoms with Crippen molar-refractivity contribution in [2.24, 2.45) is 7.05 Å². The van der Waals surface area contributed by atoms with E-state index in [0.717, 1.165) is 15.9 Å².